The molecule has 2 aromatic rings. The average Bonchev–Trinajstić information content (AvgIpc) is 3.40. The maximum Gasteiger partial charge on any atom is 0.295 e. The lowest BCUT2D eigenvalue weighted by atomic mass is 9.93. The Balaban J connectivity index is 1.94. The van der Waals surface area contributed by atoms with Crippen LogP contribution in [0.5, 0.6) is 11.5 Å². The van der Waals surface area contributed by atoms with Crippen molar-refractivity contribution in [2.45, 2.75) is 58.5 Å². The fraction of sp³-hybridized carbons (Fsp3) is 0.407. The molecule has 6 heteroatoms. The highest BCUT2D eigenvalue weighted by Gasteiger charge is 2.49. The predicted octanol–water partition coefficient (Wildman–Crippen LogP) is 5.08. The lowest BCUT2D eigenvalue weighted by Gasteiger charge is -2.31. The summed E-state index contributed by atoms with van der Waals surface area (Å²) in [4.78, 5) is 28.3. The second-order valence-electron chi connectivity index (χ2n) is 8.81. The Hall–Kier alpha value is -3.28. The van der Waals surface area contributed by atoms with Gasteiger partial charge in [0, 0.05) is 6.04 Å². The summed E-state index contributed by atoms with van der Waals surface area (Å²) in [6, 6.07) is 10.5. The number of aliphatic hydroxyl groups excluding tert-OH is 1. The molecule has 1 amide bonds. The van der Waals surface area contributed by atoms with Gasteiger partial charge < -0.3 is 19.5 Å². The van der Waals surface area contributed by atoms with Crippen LogP contribution in [0.25, 0.3) is 5.76 Å². The molecule has 1 unspecified atom stereocenters. The highest BCUT2D eigenvalue weighted by Crippen LogP contribution is 2.45. The number of ether oxygens (including phenoxy) is 2. The SMILES string of the molecule is CCOc1cccc(C2/C(=C(\O)c3cc(C)cc(C)c3OC)C(=O)C(=O)N2C2CCCC2)c1. The van der Waals surface area contributed by atoms with Crippen LogP contribution >= 0.6 is 0 Å². The van der Waals surface area contributed by atoms with E-state index in [2.05, 4.69) is 0 Å². The number of amides is 1. The standard InChI is InChI=1S/C27H31NO5/c1-5-33-20-12-8-9-18(15-20)23-22(25(30)27(31)28(23)19-10-6-7-11-19)24(29)21-14-16(2)13-17(3)26(21)32-4/h8-9,12-15,19,23,29H,5-7,10-11H2,1-4H3/b24-22+. The Morgan fingerprint density at radius 3 is 2.52 bits per heavy atom. The quantitative estimate of drug-likeness (QED) is 0.378. The number of rotatable bonds is 6. The number of aliphatic hydroxyl groups is 1. The Morgan fingerprint density at radius 1 is 1.12 bits per heavy atom. The van der Waals surface area contributed by atoms with Gasteiger partial charge in [0.1, 0.15) is 17.3 Å². The first kappa shape index (κ1) is 22.9. The first-order valence-corrected chi connectivity index (χ1v) is 11.6. The molecule has 1 saturated carbocycles. The van der Waals surface area contributed by atoms with Crippen LogP contribution in [0.3, 0.4) is 0 Å². The van der Waals surface area contributed by atoms with Crippen molar-refractivity contribution in [2.75, 3.05) is 13.7 Å². The monoisotopic (exact) mass is 449 g/mol. The number of nitrogens with zero attached hydrogens (tertiary/aromatic N) is 1. The minimum atomic E-state index is -0.681. The van der Waals surface area contributed by atoms with E-state index < -0.39 is 17.7 Å². The van der Waals surface area contributed by atoms with Crippen LogP contribution < -0.4 is 9.47 Å². The number of ketones is 1. The molecule has 4 rings (SSSR count). The maximum atomic E-state index is 13.4. The predicted molar refractivity (Wildman–Crippen MR) is 126 cm³/mol. The van der Waals surface area contributed by atoms with Gasteiger partial charge in [0.2, 0.25) is 0 Å². The third-order valence-corrected chi connectivity index (χ3v) is 6.56. The summed E-state index contributed by atoms with van der Waals surface area (Å²) in [5.74, 6) is -0.265. The van der Waals surface area contributed by atoms with Gasteiger partial charge in [-0.3, -0.25) is 9.59 Å². The zero-order chi connectivity index (χ0) is 23.7. The third kappa shape index (κ3) is 4.10. The van der Waals surface area contributed by atoms with E-state index >= 15 is 0 Å². The summed E-state index contributed by atoms with van der Waals surface area (Å²) in [6.45, 7) is 6.22. The zero-order valence-corrected chi connectivity index (χ0v) is 19.7. The van der Waals surface area contributed by atoms with E-state index in [1.165, 1.54) is 7.11 Å². The van der Waals surface area contributed by atoms with Crippen molar-refractivity contribution in [1.29, 1.82) is 0 Å². The molecule has 2 fully saturated rings. The summed E-state index contributed by atoms with van der Waals surface area (Å²) >= 11 is 0. The van der Waals surface area contributed by atoms with Crippen molar-refractivity contribution in [3.63, 3.8) is 0 Å². The van der Waals surface area contributed by atoms with Crippen molar-refractivity contribution in [1.82, 2.24) is 4.90 Å². The number of hydrogen-bond acceptors (Lipinski definition) is 5. The molecule has 1 heterocycles. The molecule has 2 aromatic carbocycles. The minimum Gasteiger partial charge on any atom is -0.507 e. The van der Waals surface area contributed by atoms with Crippen molar-refractivity contribution in [3.05, 3.63) is 64.2 Å². The van der Waals surface area contributed by atoms with Crippen molar-refractivity contribution in [3.8, 4) is 11.5 Å². The second-order valence-corrected chi connectivity index (χ2v) is 8.81. The Labute approximate surface area is 194 Å². The summed E-state index contributed by atoms with van der Waals surface area (Å²) in [7, 11) is 1.54. The molecule has 33 heavy (non-hydrogen) atoms. The molecule has 1 saturated heterocycles. The maximum absolute atomic E-state index is 13.4. The number of Topliss-reactive ketones (excluding diaryl/α,β-unsaturated/α-hetero) is 1. The van der Waals surface area contributed by atoms with E-state index in [-0.39, 0.29) is 17.4 Å². The first-order chi connectivity index (χ1) is 15.9. The molecular weight excluding hydrogens is 418 g/mol. The lowest BCUT2D eigenvalue weighted by molar-refractivity contribution is -0.141. The third-order valence-electron chi connectivity index (χ3n) is 6.56. The Bertz CT molecular complexity index is 1110. The van der Waals surface area contributed by atoms with E-state index in [1.54, 1.807) is 11.0 Å². The normalized spacial score (nSPS) is 20.5. The number of hydrogen-bond donors (Lipinski definition) is 1. The second kappa shape index (κ2) is 9.30. The van der Waals surface area contributed by atoms with Gasteiger partial charge >= 0.3 is 0 Å². The highest BCUT2D eigenvalue weighted by molar-refractivity contribution is 6.46. The van der Waals surface area contributed by atoms with Gasteiger partial charge in [-0.25, -0.2) is 0 Å². The van der Waals surface area contributed by atoms with Crippen LogP contribution in [-0.2, 0) is 9.59 Å². The Kier molecular flexibility index (Phi) is 6.45. The van der Waals surface area contributed by atoms with Crippen LogP contribution in [0.15, 0.2) is 42.0 Å². The number of benzene rings is 2. The molecule has 6 nitrogen and oxygen atoms in total. The fourth-order valence-corrected chi connectivity index (χ4v) is 5.22. The van der Waals surface area contributed by atoms with Crippen LogP contribution in [-0.4, -0.2) is 41.5 Å². The van der Waals surface area contributed by atoms with Gasteiger partial charge in [0.25, 0.3) is 11.7 Å². The first-order valence-electron chi connectivity index (χ1n) is 11.6. The summed E-state index contributed by atoms with van der Waals surface area (Å²) in [5, 5.41) is 11.5. The van der Waals surface area contributed by atoms with Crippen LogP contribution in [0.2, 0.25) is 0 Å². The molecule has 1 atom stereocenters. The molecule has 1 aliphatic carbocycles. The Morgan fingerprint density at radius 2 is 1.85 bits per heavy atom. The van der Waals surface area contributed by atoms with E-state index in [1.807, 2.05) is 51.1 Å². The van der Waals surface area contributed by atoms with E-state index in [9.17, 15) is 14.7 Å². The van der Waals surface area contributed by atoms with Crippen LogP contribution in [0.1, 0.15) is 60.9 Å². The van der Waals surface area contributed by atoms with Crippen molar-refractivity contribution in [2.24, 2.45) is 0 Å². The molecular formula is C27H31NO5. The molecule has 0 spiro atoms. The lowest BCUT2D eigenvalue weighted by Crippen LogP contribution is -2.37. The molecule has 0 radical (unpaired) electrons. The van der Waals surface area contributed by atoms with Gasteiger partial charge in [0.05, 0.1) is 30.9 Å². The average molecular weight is 450 g/mol. The molecule has 1 N–H and O–H groups in total. The zero-order valence-electron chi connectivity index (χ0n) is 19.7. The highest BCUT2D eigenvalue weighted by atomic mass is 16.5. The van der Waals surface area contributed by atoms with Gasteiger partial charge in [-0.05, 0) is 68.5 Å². The van der Waals surface area contributed by atoms with E-state index in [4.69, 9.17) is 9.47 Å². The van der Waals surface area contributed by atoms with E-state index in [0.717, 1.165) is 42.4 Å². The number of aryl methyl sites for hydroxylation is 2. The van der Waals surface area contributed by atoms with E-state index in [0.29, 0.717) is 23.7 Å². The van der Waals surface area contributed by atoms with Crippen molar-refractivity contribution < 1.29 is 24.2 Å². The smallest absolute Gasteiger partial charge is 0.295 e. The summed E-state index contributed by atoms with van der Waals surface area (Å²) in [5.41, 5.74) is 3.04. The molecule has 0 bridgehead atoms. The van der Waals surface area contributed by atoms with Crippen LogP contribution in [0.4, 0.5) is 0 Å². The molecule has 0 aromatic heterocycles. The summed E-state index contributed by atoms with van der Waals surface area (Å²) in [6.07, 6.45) is 3.73. The number of likely N-dealkylation sites (tertiary alicyclic amines) is 1. The van der Waals surface area contributed by atoms with Gasteiger partial charge in [-0.2, -0.15) is 0 Å². The van der Waals surface area contributed by atoms with Crippen molar-refractivity contribution >= 4 is 17.4 Å². The van der Waals surface area contributed by atoms with Gasteiger partial charge in [-0.15, -0.1) is 0 Å². The largest absolute Gasteiger partial charge is 0.507 e. The van der Waals surface area contributed by atoms with Crippen LogP contribution in [0, 0.1) is 13.8 Å². The molecule has 2 aliphatic rings. The summed E-state index contributed by atoms with van der Waals surface area (Å²) < 4.78 is 11.3. The van der Waals surface area contributed by atoms with Gasteiger partial charge in [0.15, 0.2) is 0 Å². The number of methoxy groups -OCH3 is 1. The number of carbonyl (C=O) groups excluding carboxylic acids is 2. The fourth-order valence-electron chi connectivity index (χ4n) is 5.22. The molecule has 174 valence electrons. The molecule has 1 aliphatic heterocycles. The topological polar surface area (TPSA) is 76.1 Å². The van der Waals surface area contributed by atoms with Gasteiger partial charge in [-0.1, -0.05) is 31.0 Å². The number of carbonyl (C=O) groups is 2. The minimum absolute atomic E-state index is 0.0337.